The van der Waals surface area contributed by atoms with E-state index >= 15 is 0 Å². The number of hydrogen-bond acceptors (Lipinski definition) is 1. The molecule has 1 atom stereocenters. The normalized spacial score (nSPS) is 13.7. The van der Waals surface area contributed by atoms with Crippen molar-refractivity contribution in [1.82, 2.24) is 0 Å². The Morgan fingerprint density at radius 2 is 1.86 bits per heavy atom. The van der Waals surface area contributed by atoms with Gasteiger partial charge in [0, 0.05) is 6.04 Å². The highest BCUT2D eigenvalue weighted by Gasteiger charge is 2.00. The van der Waals surface area contributed by atoms with Gasteiger partial charge in [-0.05, 0) is 17.9 Å². The minimum absolute atomic E-state index is 0.176. The van der Waals surface area contributed by atoms with E-state index in [4.69, 9.17) is 5.73 Å². The van der Waals surface area contributed by atoms with E-state index in [0.717, 1.165) is 6.42 Å². The first-order valence-electron chi connectivity index (χ1n) is 5.17. The fourth-order valence-electron chi connectivity index (χ4n) is 1.42. The lowest BCUT2D eigenvalue weighted by Crippen LogP contribution is -2.18. The summed E-state index contributed by atoms with van der Waals surface area (Å²) in [7, 11) is 0. The molecule has 0 radical (unpaired) electrons. The largest absolute Gasteiger partial charge is 0.324 e. The summed E-state index contributed by atoms with van der Waals surface area (Å²) in [5.74, 6) is 0.658. The van der Waals surface area contributed by atoms with Crippen molar-refractivity contribution in [1.29, 1.82) is 0 Å². The van der Waals surface area contributed by atoms with Gasteiger partial charge >= 0.3 is 0 Å². The standard InChI is InChI=1S/C13H19N/c1-11(2)10-13(14)9-8-12-6-4-3-5-7-12/h3-9,11,13H,10,14H2,1-2H3/b9-8+/t13-/m1/s1. The Kier molecular flexibility index (Phi) is 4.41. The number of hydrogen-bond donors (Lipinski definition) is 1. The fraction of sp³-hybridized carbons (Fsp3) is 0.385. The molecule has 1 rings (SSSR count). The molecule has 0 aliphatic carbocycles. The smallest absolute Gasteiger partial charge is 0.0229 e. The first kappa shape index (κ1) is 11.0. The monoisotopic (exact) mass is 189 g/mol. The van der Waals surface area contributed by atoms with Crippen LogP contribution in [0.4, 0.5) is 0 Å². The Morgan fingerprint density at radius 3 is 2.43 bits per heavy atom. The molecule has 0 saturated heterocycles. The van der Waals surface area contributed by atoms with Gasteiger partial charge in [-0.25, -0.2) is 0 Å². The van der Waals surface area contributed by atoms with Gasteiger partial charge in [0.25, 0.3) is 0 Å². The molecule has 0 amide bonds. The third kappa shape index (κ3) is 4.24. The molecule has 0 aromatic heterocycles. The molecule has 14 heavy (non-hydrogen) atoms. The van der Waals surface area contributed by atoms with Crippen LogP contribution in [0.2, 0.25) is 0 Å². The van der Waals surface area contributed by atoms with E-state index in [0.29, 0.717) is 5.92 Å². The van der Waals surface area contributed by atoms with Gasteiger partial charge in [-0.15, -0.1) is 0 Å². The molecule has 0 spiro atoms. The maximum atomic E-state index is 5.94. The Bertz CT molecular complexity index is 275. The van der Waals surface area contributed by atoms with Crippen LogP contribution >= 0.6 is 0 Å². The Balaban J connectivity index is 2.48. The molecule has 0 aliphatic rings. The third-order valence-corrected chi connectivity index (χ3v) is 2.08. The van der Waals surface area contributed by atoms with Crippen molar-refractivity contribution in [2.45, 2.75) is 26.3 Å². The molecule has 76 valence electrons. The molecule has 0 unspecified atom stereocenters. The molecule has 2 N–H and O–H groups in total. The predicted octanol–water partition coefficient (Wildman–Crippen LogP) is 3.07. The maximum Gasteiger partial charge on any atom is 0.0229 e. The van der Waals surface area contributed by atoms with Crippen molar-refractivity contribution < 1.29 is 0 Å². The topological polar surface area (TPSA) is 26.0 Å². The second-order valence-corrected chi connectivity index (χ2v) is 4.06. The second kappa shape index (κ2) is 5.61. The summed E-state index contributed by atoms with van der Waals surface area (Å²) in [6.45, 7) is 4.38. The highest BCUT2D eigenvalue weighted by molar-refractivity contribution is 5.49. The van der Waals surface area contributed by atoms with E-state index in [1.807, 2.05) is 18.2 Å². The maximum absolute atomic E-state index is 5.94. The van der Waals surface area contributed by atoms with Gasteiger partial charge in [0.2, 0.25) is 0 Å². The average molecular weight is 189 g/mol. The number of nitrogens with two attached hydrogens (primary N) is 1. The zero-order valence-corrected chi connectivity index (χ0v) is 8.98. The van der Waals surface area contributed by atoms with E-state index in [2.05, 4.69) is 38.1 Å². The zero-order valence-electron chi connectivity index (χ0n) is 8.98. The summed E-state index contributed by atoms with van der Waals surface area (Å²) in [6, 6.07) is 10.4. The van der Waals surface area contributed by atoms with E-state index in [-0.39, 0.29) is 6.04 Å². The van der Waals surface area contributed by atoms with Crippen molar-refractivity contribution in [3.05, 3.63) is 42.0 Å². The molecule has 0 heterocycles. The van der Waals surface area contributed by atoms with Crippen LogP contribution in [0.5, 0.6) is 0 Å². The quantitative estimate of drug-likeness (QED) is 0.774. The van der Waals surface area contributed by atoms with Crippen LogP contribution in [0.3, 0.4) is 0 Å². The molecule has 1 nitrogen and oxygen atoms in total. The molecule has 0 saturated carbocycles. The van der Waals surface area contributed by atoms with Gasteiger partial charge in [0.05, 0.1) is 0 Å². The highest BCUT2D eigenvalue weighted by Crippen LogP contribution is 2.06. The van der Waals surface area contributed by atoms with Crippen molar-refractivity contribution >= 4 is 6.08 Å². The zero-order chi connectivity index (χ0) is 10.4. The lowest BCUT2D eigenvalue weighted by molar-refractivity contribution is 0.547. The predicted molar refractivity (Wildman–Crippen MR) is 62.9 cm³/mol. The minimum Gasteiger partial charge on any atom is -0.324 e. The Hall–Kier alpha value is -1.08. The average Bonchev–Trinajstić information content (AvgIpc) is 2.15. The van der Waals surface area contributed by atoms with Gasteiger partial charge < -0.3 is 5.73 Å². The molecule has 1 heteroatoms. The molecular weight excluding hydrogens is 170 g/mol. The second-order valence-electron chi connectivity index (χ2n) is 4.06. The molecule has 0 aliphatic heterocycles. The van der Waals surface area contributed by atoms with Crippen molar-refractivity contribution in [2.24, 2.45) is 11.7 Å². The van der Waals surface area contributed by atoms with Crippen molar-refractivity contribution in [2.75, 3.05) is 0 Å². The summed E-state index contributed by atoms with van der Waals surface area (Å²) >= 11 is 0. The van der Waals surface area contributed by atoms with Gasteiger partial charge in [0.1, 0.15) is 0 Å². The van der Waals surface area contributed by atoms with Crippen LogP contribution in [0.15, 0.2) is 36.4 Å². The van der Waals surface area contributed by atoms with E-state index < -0.39 is 0 Å². The highest BCUT2D eigenvalue weighted by atomic mass is 14.6. The lowest BCUT2D eigenvalue weighted by Gasteiger charge is -2.08. The molecule has 1 aromatic rings. The van der Waals surface area contributed by atoms with Crippen LogP contribution in [-0.4, -0.2) is 6.04 Å². The van der Waals surface area contributed by atoms with E-state index in [1.54, 1.807) is 0 Å². The third-order valence-electron chi connectivity index (χ3n) is 2.08. The summed E-state index contributed by atoms with van der Waals surface area (Å²) in [6.07, 6.45) is 5.21. The summed E-state index contributed by atoms with van der Waals surface area (Å²) < 4.78 is 0. The molecule has 0 bridgehead atoms. The number of benzene rings is 1. The molecule has 0 fully saturated rings. The van der Waals surface area contributed by atoms with Crippen molar-refractivity contribution in [3.63, 3.8) is 0 Å². The van der Waals surface area contributed by atoms with Crippen LogP contribution in [0, 0.1) is 5.92 Å². The van der Waals surface area contributed by atoms with E-state index in [9.17, 15) is 0 Å². The summed E-state index contributed by atoms with van der Waals surface area (Å²) in [5.41, 5.74) is 7.15. The van der Waals surface area contributed by atoms with Gasteiger partial charge in [-0.1, -0.05) is 56.3 Å². The summed E-state index contributed by atoms with van der Waals surface area (Å²) in [4.78, 5) is 0. The van der Waals surface area contributed by atoms with Gasteiger partial charge in [-0.3, -0.25) is 0 Å². The van der Waals surface area contributed by atoms with E-state index in [1.165, 1.54) is 5.56 Å². The molecule has 1 aromatic carbocycles. The first-order valence-corrected chi connectivity index (χ1v) is 5.17. The first-order chi connectivity index (χ1) is 6.68. The van der Waals surface area contributed by atoms with Crippen LogP contribution in [0.25, 0.3) is 6.08 Å². The van der Waals surface area contributed by atoms with Crippen LogP contribution in [-0.2, 0) is 0 Å². The summed E-state index contributed by atoms with van der Waals surface area (Å²) in [5, 5.41) is 0. The minimum atomic E-state index is 0.176. The van der Waals surface area contributed by atoms with Crippen LogP contribution in [0.1, 0.15) is 25.8 Å². The SMILES string of the molecule is CC(C)C[C@H](N)/C=C/c1ccccc1. The van der Waals surface area contributed by atoms with Gasteiger partial charge in [0.15, 0.2) is 0 Å². The van der Waals surface area contributed by atoms with Crippen LogP contribution < -0.4 is 5.73 Å². The lowest BCUT2D eigenvalue weighted by atomic mass is 10.0. The van der Waals surface area contributed by atoms with Gasteiger partial charge in [-0.2, -0.15) is 0 Å². The fourth-order valence-corrected chi connectivity index (χ4v) is 1.42. The van der Waals surface area contributed by atoms with Crippen molar-refractivity contribution in [3.8, 4) is 0 Å². The molecular formula is C13H19N. The Morgan fingerprint density at radius 1 is 1.21 bits per heavy atom. The Labute approximate surface area is 86.6 Å². The number of rotatable bonds is 4.